The average Bonchev–Trinajstić information content (AvgIpc) is 3.55. The van der Waals surface area contributed by atoms with E-state index in [-0.39, 0.29) is 18.4 Å². The predicted octanol–water partition coefficient (Wildman–Crippen LogP) is 4.75. The van der Waals surface area contributed by atoms with Crippen LogP contribution in [0.15, 0.2) is 48.5 Å². The van der Waals surface area contributed by atoms with Crippen LogP contribution in [0.3, 0.4) is 0 Å². The number of carbonyl (C=O) groups excluding carboxylic acids is 3. The highest BCUT2D eigenvalue weighted by atomic mass is 32.1. The van der Waals surface area contributed by atoms with Gasteiger partial charge in [0.1, 0.15) is 12.1 Å². The molecule has 1 saturated heterocycles. The number of nitrogens with zero attached hydrogens (tertiary/aromatic N) is 2. The molecule has 2 N–H and O–H groups in total. The first-order valence-corrected chi connectivity index (χ1v) is 12.1. The Morgan fingerprint density at radius 3 is 2.24 bits per heavy atom. The molecule has 1 saturated carbocycles. The molecule has 0 radical (unpaired) electrons. The lowest BCUT2D eigenvalue weighted by atomic mass is 9.96. The number of urea groups is 1. The van der Waals surface area contributed by atoms with Crippen LogP contribution >= 0.6 is 11.3 Å². The molecule has 34 heavy (non-hydrogen) atoms. The molecule has 2 aromatic carbocycles. The van der Waals surface area contributed by atoms with E-state index in [9.17, 15) is 14.4 Å². The zero-order valence-electron chi connectivity index (χ0n) is 19.3. The number of aryl methyl sites for hydroxylation is 2. The van der Waals surface area contributed by atoms with Gasteiger partial charge in [0.25, 0.3) is 5.91 Å². The third-order valence-electron chi connectivity index (χ3n) is 6.51. The fourth-order valence-electron chi connectivity index (χ4n) is 4.28. The van der Waals surface area contributed by atoms with Gasteiger partial charge in [0.2, 0.25) is 5.91 Å². The summed E-state index contributed by atoms with van der Waals surface area (Å²) in [6.45, 7) is 5.46. The van der Waals surface area contributed by atoms with Gasteiger partial charge in [0.05, 0.1) is 10.6 Å². The van der Waals surface area contributed by atoms with E-state index in [4.69, 9.17) is 4.98 Å². The van der Waals surface area contributed by atoms with E-state index >= 15 is 0 Å². The van der Waals surface area contributed by atoms with Gasteiger partial charge < -0.3 is 10.6 Å². The Morgan fingerprint density at radius 1 is 1.06 bits per heavy atom. The molecular weight excluding hydrogens is 448 g/mol. The predicted molar refractivity (Wildman–Crippen MR) is 132 cm³/mol. The maximum Gasteiger partial charge on any atom is 0.325 e. The second-order valence-electron chi connectivity index (χ2n) is 9.28. The topological polar surface area (TPSA) is 91.4 Å². The summed E-state index contributed by atoms with van der Waals surface area (Å²) < 4.78 is 0. The number of anilines is 1. The minimum atomic E-state index is -0.907. The fraction of sp³-hybridized carbons (Fsp3) is 0.308. The Hall–Kier alpha value is -3.52. The zero-order valence-corrected chi connectivity index (χ0v) is 20.2. The van der Waals surface area contributed by atoms with Gasteiger partial charge in [-0.1, -0.05) is 71.0 Å². The summed E-state index contributed by atoms with van der Waals surface area (Å²) in [5.41, 5.74) is 4.14. The minimum Gasteiger partial charge on any atom is -0.323 e. The highest BCUT2D eigenvalue weighted by molar-refractivity contribution is 7.19. The molecule has 7 nitrogen and oxygen atoms in total. The van der Waals surface area contributed by atoms with Crippen molar-refractivity contribution in [1.29, 1.82) is 0 Å². The molecule has 174 valence electrons. The summed E-state index contributed by atoms with van der Waals surface area (Å²) in [7, 11) is 0. The summed E-state index contributed by atoms with van der Waals surface area (Å²) >= 11 is 1.37. The molecular formula is C26H26N4O3S. The highest BCUT2D eigenvalue weighted by Crippen LogP contribution is 2.43. The third kappa shape index (κ3) is 4.09. The minimum absolute atomic E-state index is 0.144. The van der Waals surface area contributed by atoms with Crippen LogP contribution in [0.2, 0.25) is 0 Å². The van der Waals surface area contributed by atoms with E-state index in [1.165, 1.54) is 11.3 Å². The van der Waals surface area contributed by atoms with E-state index in [0.29, 0.717) is 5.13 Å². The van der Waals surface area contributed by atoms with Crippen LogP contribution in [0.4, 0.5) is 9.93 Å². The number of rotatable bonds is 6. The Bertz CT molecular complexity index is 1220. The van der Waals surface area contributed by atoms with Crippen LogP contribution in [0.25, 0.3) is 21.7 Å². The molecule has 2 heterocycles. The number of benzene rings is 2. The smallest absolute Gasteiger partial charge is 0.323 e. The largest absolute Gasteiger partial charge is 0.325 e. The second-order valence-corrected chi connectivity index (χ2v) is 10.3. The van der Waals surface area contributed by atoms with Crippen LogP contribution < -0.4 is 10.6 Å². The Labute approximate surface area is 202 Å². The van der Waals surface area contributed by atoms with Gasteiger partial charge in [-0.25, -0.2) is 9.78 Å². The van der Waals surface area contributed by atoms with Crippen molar-refractivity contribution in [3.05, 3.63) is 59.7 Å². The molecule has 2 fully saturated rings. The molecule has 1 aliphatic heterocycles. The maximum absolute atomic E-state index is 12.8. The Kier molecular flexibility index (Phi) is 5.48. The van der Waals surface area contributed by atoms with E-state index in [2.05, 4.69) is 10.6 Å². The normalized spacial score (nSPS) is 19.9. The molecule has 1 unspecified atom stereocenters. The van der Waals surface area contributed by atoms with Gasteiger partial charge in [0.15, 0.2) is 5.13 Å². The number of hydrogen-bond acceptors (Lipinski definition) is 5. The molecule has 1 aliphatic carbocycles. The average molecular weight is 475 g/mol. The quantitative estimate of drug-likeness (QED) is 0.504. The van der Waals surface area contributed by atoms with E-state index in [1.54, 1.807) is 6.92 Å². The lowest BCUT2D eigenvalue weighted by Crippen LogP contribution is -2.46. The van der Waals surface area contributed by atoms with Crippen molar-refractivity contribution in [3.8, 4) is 21.7 Å². The van der Waals surface area contributed by atoms with Crippen molar-refractivity contribution in [2.45, 2.75) is 39.2 Å². The molecule has 1 aromatic heterocycles. The standard InChI is InChI=1S/C26H26N4O3S/c1-15-4-8-17(9-5-15)21-22(18-10-6-16(2)7-11-18)34-24(28-21)27-20(31)14-30-23(32)26(3,19-12-13-19)29-25(30)33/h4-11,19H,12-14H2,1-3H3,(H,29,33)(H,27,28,31). The van der Waals surface area contributed by atoms with Crippen molar-refractivity contribution < 1.29 is 14.4 Å². The van der Waals surface area contributed by atoms with Crippen LogP contribution in [0, 0.1) is 19.8 Å². The van der Waals surface area contributed by atoms with Crippen molar-refractivity contribution in [1.82, 2.24) is 15.2 Å². The summed E-state index contributed by atoms with van der Waals surface area (Å²) in [6, 6.07) is 15.7. The van der Waals surface area contributed by atoms with Crippen LogP contribution in [-0.2, 0) is 9.59 Å². The number of thiazole rings is 1. The van der Waals surface area contributed by atoms with Gasteiger partial charge in [-0.05, 0) is 45.1 Å². The summed E-state index contributed by atoms with van der Waals surface area (Å²) in [5, 5.41) is 5.99. The number of nitrogens with one attached hydrogen (secondary N) is 2. The van der Waals surface area contributed by atoms with E-state index < -0.39 is 17.5 Å². The molecule has 1 atom stereocenters. The Morgan fingerprint density at radius 2 is 1.65 bits per heavy atom. The molecule has 2 aliphatic rings. The first kappa shape index (κ1) is 22.3. The monoisotopic (exact) mass is 474 g/mol. The molecule has 8 heteroatoms. The summed E-state index contributed by atoms with van der Waals surface area (Å²) in [4.78, 5) is 44.7. The van der Waals surface area contributed by atoms with Crippen molar-refractivity contribution in [2.24, 2.45) is 5.92 Å². The first-order valence-electron chi connectivity index (χ1n) is 11.3. The summed E-state index contributed by atoms with van der Waals surface area (Å²) in [5.74, 6) is -0.650. The summed E-state index contributed by atoms with van der Waals surface area (Å²) in [6.07, 6.45) is 1.82. The van der Waals surface area contributed by atoms with Crippen molar-refractivity contribution in [2.75, 3.05) is 11.9 Å². The molecule has 0 spiro atoms. The lowest BCUT2D eigenvalue weighted by molar-refractivity contribution is -0.134. The molecule has 4 amide bonds. The number of carbonyl (C=O) groups is 3. The van der Waals surface area contributed by atoms with Gasteiger partial charge in [-0.3, -0.25) is 14.5 Å². The Balaban J connectivity index is 1.39. The van der Waals surface area contributed by atoms with Crippen LogP contribution in [0.5, 0.6) is 0 Å². The lowest BCUT2D eigenvalue weighted by Gasteiger charge is -2.20. The first-order chi connectivity index (χ1) is 16.2. The van der Waals surface area contributed by atoms with E-state index in [1.807, 2.05) is 62.4 Å². The van der Waals surface area contributed by atoms with Gasteiger partial charge in [-0.15, -0.1) is 0 Å². The number of aromatic nitrogens is 1. The zero-order chi connectivity index (χ0) is 24.0. The molecule has 5 rings (SSSR count). The maximum atomic E-state index is 12.8. The van der Waals surface area contributed by atoms with Crippen molar-refractivity contribution >= 4 is 34.3 Å². The van der Waals surface area contributed by atoms with E-state index in [0.717, 1.165) is 50.6 Å². The van der Waals surface area contributed by atoms with Gasteiger partial charge >= 0.3 is 6.03 Å². The number of amides is 4. The van der Waals surface area contributed by atoms with Crippen LogP contribution in [-0.4, -0.2) is 39.8 Å². The fourth-order valence-corrected chi connectivity index (χ4v) is 5.29. The number of hydrogen-bond donors (Lipinski definition) is 2. The third-order valence-corrected chi connectivity index (χ3v) is 7.53. The SMILES string of the molecule is Cc1ccc(-c2nc(NC(=O)CN3C(=O)NC(C)(C4CC4)C3=O)sc2-c2ccc(C)cc2)cc1. The molecule has 3 aromatic rings. The van der Waals surface area contributed by atoms with Crippen molar-refractivity contribution in [3.63, 3.8) is 0 Å². The van der Waals surface area contributed by atoms with Crippen LogP contribution in [0.1, 0.15) is 30.9 Å². The number of imide groups is 1. The second kappa shape index (κ2) is 8.36. The van der Waals surface area contributed by atoms with Gasteiger partial charge in [0, 0.05) is 5.56 Å². The molecule has 0 bridgehead atoms. The van der Waals surface area contributed by atoms with Gasteiger partial charge in [-0.2, -0.15) is 0 Å². The highest BCUT2D eigenvalue weighted by Gasteiger charge is 2.56.